The van der Waals surface area contributed by atoms with E-state index in [1.165, 1.54) is 6.07 Å². The number of piperidine rings is 1. The van der Waals surface area contributed by atoms with Crippen LogP contribution in [-0.4, -0.2) is 47.7 Å². The second-order valence-electron chi connectivity index (χ2n) is 7.23. The number of likely N-dealkylation sites (tertiary alicyclic amines) is 1. The van der Waals surface area contributed by atoms with Crippen molar-refractivity contribution in [3.05, 3.63) is 59.4 Å². The number of phenols is 1. The van der Waals surface area contributed by atoms with Gasteiger partial charge in [0, 0.05) is 36.8 Å². The second kappa shape index (κ2) is 9.20. The molecule has 0 aromatic heterocycles. The molecule has 2 aromatic carbocycles. The van der Waals surface area contributed by atoms with E-state index in [1.807, 2.05) is 31.2 Å². The topological polar surface area (TPSA) is 35.9 Å². The fraction of sp³-hybridized carbons (Fsp3) is 0.455. The molecule has 0 amide bonds. The van der Waals surface area contributed by atoms with E-state index in [2.05, 4.69) is 16.8 Å². The van der Waals surface area contributed by atoms with Gasteiger partial charge in [0.05, 0.1) is 6.61 Å². The van der Waals surface area contributed by atoms with Crippen molar-refractivity contribution in [2.24, 2.45) is 0 Å². The van der Waals surface area contributed by atoms with Crippen LogP contribution in [0.1, 0.15) is 30.9 Å². The molecule has 0 saturated carbocycles. The van der Waals surface area contributed by atoms with Crippen LogP contribution in [0.5, 0.6) is 11.5 Å². The van der Waals surface area contributed by atoms with Crippen LogP contribution in [0.4, 0.5) is 4.39 Å². The molecule has 1 atom stereocenters. The highest BCUT2D eigenvalue weighted by Gasteiger charge is 2.24. The zero-order chi connectivity index (χ0) is 19.2. The van der Waals surface area contributed by atoms with Gasteiger partial charge in [0.2, 0.25) is 0 Å². The average Bonchev–Trinajstić information content (AvgIpc) is 2.67. The van der Waals surface area contributed by atoms with Gasteiger partial charge in [-0.15, -0.1) is 0 Å². The Morgan fingerprint density at radius 2 is 1.96 bits per heavy atom. The van der Waals surface area contributed by atoms with E-state index >= 15 is 0 Å². The van der Waals surface area contributed by atoms with Gasteiger partial charge in [-0.05, 0) is 45.5 Å². The van der Waals surface area contributed by atoms with E-state index in [0.29, 0.717) is 31.5 Å². The SMILES string of the molecule is CCOc1cccc(CN(C)C2CCCN(Cc3ccccc3F)C2)c1O. The van der Waals surface area contributed by atoms with Gasteiger partial charge in [0.25, 0.3) is 0 Å². The molecule has 0 radical (unpaired) electrons. The van der Waals surface area contributed by atoms with Gasteiger partial charge in [-0.3, -0.25) is 9.80 Å². The molecular formula is C22H29FN2O2. The lowest BCUT2D eigenvalue weighted by Crippen LogP contribution is -2.45. The summed E-state index contributed by atoms with van der Waals surface area (Å²) < 4.78 is 19.4. The van der Waals surface area contributed by atoms with Gasteiger partial charge in [0.15, 0.2) is 11.5 Å². The number of benzene rings is 2. The molecule has 1 N–H and O–H groups in total. The molecule has 146 valence electrons. The predicted molar refractivity (Wildman–Crippen MR) is 105 cm³/mol. The largest absolute Gasteiger partial charge is 0.504 e. The molecule has 1 aliphatic rings. The summed E-state index contributed by atoms with van der Waals surface area (Å²) in [6.45, 7) is 5.62. The van der Waals surface area contributed by atoms with Crippen LogP contribution in [0.15, 0.2) is 42.5 Å². The number of ether oxygens (including phenoxy) is 1. The normalized spacial score (nSPS) is 18.0. The highest BCUT2D eigenvalue weighted by molar-refractivity contribution is 5.45. The van der Waals surface area contributed by atoms with Crippen LogP contribution >= 0.6 is 0 Å². The molecule has 0 aliphatic carbocycles. The molecule has 1 aliphatic heterocycles. The average molecular weight is 372 g/mol. The van der Waals surface area contributed by atoms with E-state index in [-0.39, 0.29) is 11.6 Å². The number of halogens is 1. The number of rotatable bonds is 7. The second-order valence-corrected chi connectivity index (χ2v) is 7.23. The number of likely N-dealkylation sites (N-methyl/N-ethyl adjacent to an activating group) is 1. The van der Waals surface area contributed by atoms with Crippen molar-refractivity contribution in [3.63, 3.8) is 0 Å². The van der Waals surface area contributed by atoms with E-state index < -0.39 is 0 Å². The van der Waals surface area contributed by atoms with Crippen LogP contribution in [-0.2, 0) is 13.1 Å². The number of hydrogen-bond donors (Lipinski definition) is 1. The Balaban J connectivity index is 1.62. The highest BCUT2D eigenvalue weighted by Crippen LogP contribution is 2.31. The molecule has 3 rings (SSSR count). The minimum absolute atomic E-state index is 0.134. The molecule has 1 fully saturated rings. The summed E-state index contributed by atoms with van der Waals surface area (Å²) in [5.74, 6) is 0.629. The fourth-order valence-corrected chi connectivity index (χ4v) is 3.77. The third kappa shape index (κ3) is 4.99. The number of nitrogens with zero attached hydrogens (tertiary/aromatic N) is 2. The Bertz CT molecular complexity index is 753. The zero-order valence-electron chi connectivity index (χ0n) is 16.2. The lowest BCUT2D eigenvalue weighted by atomic mass is 10.0. The van der Waals surface area contributed by atoms with Gasteiger partial charge in [-0.1, -0.05) is 30.3 Å². The Morgan fingerprint density at radius 3 is 2.74 bits per heavy atom. The summed E-state index contributed by atoms with van der Waals surface area (Å²) in [4.78, 5) is 4.60. The quantitative estimate of drug-likeness (QED) is 0.796. The summed E-state index contributed by atoms with van der Waals surface area (Å²) >= 11 is 0. The summed E-state index contributed by atoms with van der Waals surface area (Å²) in [5.41, 5.74) is 1.62. The summed E-state index contributed by atoms with van der Waals surface area (Å²) in [6, 6.07) is 13.0. The van der Waals surface area contributed by atoms with Crippen LogP contribution < -0.4 is 4.74 Å². The van der Waals surface area contributed by atoms with Crippen molar-refractivity contribution in [2.75, 3.05) is 26.7 Å². The van der Waals surface area contributed by atoms with Crippen molar-refractivity contribution >= 4 is 0 Å². The van der Waals surface area contributed by atoms with Crippen LogP contribution in [0.25, 0.3) is 0 Å². The zero-order valence-corrected chi connectivity index (χ0v) is 16.2. The lowest BCUT2D eigenvalue weighted by molar-refractivity contribution is 0.106. The number of para-hydroxylation sites is 1. The maximum Gasteiger partial charge on any atom is 0.162 e. The number of phenolic OH excluding ortho intramolecular Hbond substituents is 1. The standard InChI is InChI=1S/C22H29FN2O2/c1-3-27-21-12-6-9-18(22(21)26)14-24(2)19-10-7-13-25(16-19)15-17-8-4-5-11-20(17)23/h4-6,8-9,11-12,19,26H,3,7,10,13-16H2,1-2H3. The monoisotopic (exact) mass is 372 g/mol. The molecule has 5 heteroatoms. The number of aromatic hydroxyl groups is 1. The molecule has 0 bridgehead atoms. The van der Waals surface area contributed by atoms with Crippen molar-refractivity contribution in [1.29, 1.82) is 0 Å². The minimum Gasteiger partial charge on any atom is -0.504 e. The summed E-state index contributed by atoms with van der Waals surface area (Å²) in [5, 5.41) is 10.4. The maximum absolute atomic E-state index is 14.0. The lowest BCUT2D eigenvalue weighted by Gasteiger charge is -2.38. The molecule has 1 unspecified atom stereocenters. The predicted octanol–water partition coefficient (Wildman–Crippen LogP) is 4.03. The molecule has 1 heterocycles. The number of hydrogen-bond acceptors (Lipinski definition) is 4. The first-order valence-electron chi connectivity index (χ1n) is 9.68. The molecule has 4 nitrogen and oxygen atoms in total. The van der Waals surface area contributed by atoms with Crippen molar-refractivity contribution in [2.45, 2.75) is 38.9 Å². The van der Waals surface area contributed by atoms with E-state index in [1.54, 1.807) is 12.1 Å². The molecule has 0 spiro atoms. The van der Waals surface area contributed by atoms with Crippen LogP contribution in [0.2, 0.25) is 0 Å². The third-order valence-electron chi connectivity index (χ3n) is 5.26. The van der Waals surface area contributed by atoms with Crippen LogP contribution in [0.3, 0.4) is 0 Å². The van der Waals surface area contributed by atoms with Crippen molar-refractivity contribution in [3.8, 4) is 11.5 Å². The smallest absolute Gasteiger partial charge is 0.162 e. The van der Waals surface area contributed by atoms with Gasteiger partial charge in [-0.25, -0.2) is 4.39 Å². The Labute approximate surface area is 161 Å². The van der Waals surface area contributed by atoms with Crippen molar-refractivity contribution in [1.82, 2.24) is 9.80 Å². The Morgan fingerprint density at radius 1 is 1.19 bits per heavy atom. The summed E-state index contributed by atoms with van der Waals surface area (Å²) in [7, 11) is 2.09. The first-order chi connectivity index (χ1) is 13.1. The summed E-state index contributed by atoms with van der Waals surface area (Å²) in [6.07, 6.45) is 2.20. The Hall–Kier alpha value is -2.11. The van der Waals surface area contributed by atoms with Gasteiger partial charge >= 0.3 is 0 Å². The minimum atomic E-state index is -0.134. The molecule has 27 heavy (non-hydrogen) atoms. The van der Waals surface area contributed by atoms with Gasteiger partial charge in [0.1, 0.15) is 5.82 Å². The van der Waals surface area contributed by atoms with Crippen LogP contribution in [0, 0.1) is 5.82 Å². The maximum atomic E-state index is 14.0. The molecule has 1 saturated heterocycles. The van der Waals surface area contributed by atoms with Crippen molar-refractivity contribution < 1.29 is 14.2 Å². The fourth-order valence-electron chi connectivity index (χ4n) is 3.77. The molecule has 2 aromatic rings. The Kier molecular flexibility index (Phi) is 6.69. The first-order valence-corrected chi connectivity index (χ1v) is 9.68. The van der Waals surface area contributed by atoms with E-state index in [4.69, 9.17) is 4.74 Å². The van der Waals surface area contributed by atoms with Gasteiger partial charge < -0.3 is 9.84 Å². The van der Waals surface area contributed by atoms with E-state index in [9.17, 15) is 9.50 Å². The highest BCUT2D eigenvalue weighted by atomic mass is 19.1. The third-order valence-corrected chi connectivity index (χ3v) is 5.26. The first kappa shape index (κ1) is 19.6. The van der Waals surface area contributed by atoms with Gasteiger partial charge in [-0.2, -0.15) is 0 Å². The van der Waals surface area contributed by atoms with E-state index in [0.717, 1.165) is 37.1 Å². The molecular weight excluding hydrogens is 343 g/mol.